The Balaban J connectivity index is 1.82. The standard InChI is InChI=1S/C26H26N2O4/c1-27(2)13-6-14-28-23(19-9-5-10-21(29)16-19)22(25(31)26(28)32)24(30)20-12-11-17-7-3-4-8-18(17)15-20/h3-5,7-12,15-16,23,29-30H,6,13-14H2,1-2H3/b24-22-. The van der Waals surface area contributed by atoms with Gasteiger partial charge in [-0.25, -0.2) is 0 Å². The lowest BCUT2D eigenvalue weighted by Crippen LogP contribution is -2.32. The third-order valence-electron chi connectivity index (χ3n) is 5.75. The number of fused-ring (bicyclic) bond motifs is 1. The lowest BCUT2D eigenvalue weighted by molar-refractivity contribution is -0.139. The summed E-state index contributed by atoms with van der Waals surface area (Å²) in [4.78, 5) is 29.5. The maximum Gasteiger partial charge on any atom is 0.295 e. The van der Waals surface area contributed by atoms with Gasteiger partial charge in [-0.15, -0.1) is 0 Å². The Morgan fingerprint density at radius 1 is 0.969 bits per heavy atom. The smallest absolute Gasteiger partial charge is 0.295 e. The van der Waals surface area contributed by atoms with E-state index < -0.39 is 17.7 Å². The Hall–Kier alpha value is -3.64. The van der Waals surface area contributed by atoms with Crippen LogP contribution in [0.5, 0.6) is 5.75 Å². The van der Waals surface area contributed by atoms with E-state index >= 15 is 0 Å². The van der Waals surface area contributed by atoms with Crippen LogP contribution >= 0.6 is 0 Å². The van der Waals surface area contributed by atoms with Gasteiger partial charge in [-0.2, -0.15) is 0 Å². The van der Waals surface area contributed by atoms with Gasteiger partial charge < -0.3 is 20.0 Å². The van der Waals surface area contributed by atoms with Gasteiger partial charge in [-0.05, 0) is 61.6 Å². The van der Waals surface area contributed by atoms with Crippen LogP contribution in [0.4, 0.5) is 0 Å². The van der Waals surface area contributed by atoms with Crippen molar-refractivity contribution < 1.29 is 19.8 Å². The number of carbonyl (C=O) groups is 2. The molecule has 1 heterocycles. The quantitative estimate of drug-likeness (QED) is 0.352. The maximum absolute atomic E-state index is 13.1. The van der Waals surface area contributed by atoms with Crippen LogP contribution < -0.4 is 0 Å². The molecule has 3 aromatic rings. The van der Waals surface area contributed by atoms with E-state index in [1.54, 1.807) is 18.2 Å². The van der Waals surface area contributed by atoms with E-state index in [4.69, 9.17) is 0 Å². The summed E-state index contributed by atoms with van der Waals surface area (Å²) >= 11 is 0. The number of amides is 1. The van der Waals surface area contributed by atoms with E-state index in [2.05, 4.69) is 0 Å². The molecule has 0 spiro atoms. The monoisotopic (exact) mass is 430 g/mol. The maximum atomic E-state index is 13.1. The number of rotatable bonds is 6. The van der Waals surface area contributed by atoms with Crippen molar-refractivity contribution in [1.29, 1.82) is 0 Å². The van der Waals surface area contributed by atoms with E-state index in [1.165, 1.54) is 17.0 Å². The molecular formula is C26H26N2O4. The van der Waals surface area contributed by atoms with Gasteiger partial charge in [-0.1, -0.05) is 48.5 Å². The van der Waals surface area contributed by atoms with Crippen molar-refractivity contribution >= 4 is 28.2 Å². The molecule has 0 aromatic heterocycles. The van der Waals surface area contributed by atoms with Gasteiger partial charge in [0.2, 0.25) is 0 Å². The van der Waals surface area contributed by atoms with Gasteiger partial charge in [0.05, 0.1) is 11.6 Å². The lowest BCUT2D eigenvalue weighted by atomic mass is 9.94. The summed E-state index contributed by atoms with van der Waals surface area (Å²) in [6.45, 7) is 1.11. The van der Waals surface area contributed by atoms with Crippen LogP contribution in [0.2, 0.25) is 0 Å². The van der Waals surface area contributed by atoms with Crippen molar-refractivity contribution in [3.63, 3.8) is 0 Å². The molecule has 0 radical (unpaired) electrons. The molecule has 1 aliphatic heterocycles. The summed E-state index contributed by atoms with van der Waals surface area (Å²) < 4.78 is 0. The number of aromatic hydroxyl groups is 1. The van der Waals surface area contributed by atoms with Crippen LogP contribution in [0.25, 0.3) is 16.5 Å². The molecule has 1 aliphatic rings. The van der Waals surface area contributed by atoms with Crippen LogP contribution in [0.1, 0.15) is 23.6 Å². The molecular weight excluding hydrogens is 404 g/mol. The number of ketones is 1. The molecule has 1 atom stereocenters. The van der Waals surface area contributed by atoms with Crippen LogP contribution in [0.15, 0.2) is 72.3 Å². The number of nitrogens with zero attached hydrogens (tertiary/aromatic N) is 2. The van der Waals surface area contributed by atoms with Gasteiger partial charge in [0.25, 0.3) is 11.7 Å². The third-order valence-corrected chi connectivity index (χ3v) is 5.75. The predicted octanol–water partition coefficient (Wildman–Crippen LogP) is 3.92. The second-order valence-corrected chi connectivity index (χ2v) is 8.31. The first-order valence-corrected chi connectivity index (χ1v) is 10.6. The van der Waals surface area contributed by atoms with E-state index in [1.807, 2.05) is 55.4 Å². The number of hydrogen-bond donors (Lipinski definition) is 2. The fraction of sp³-hybridized carbons (Fsp3) is 0.231. The predicted molar refractivity (Wildman–Crippen MR) is 124 cm³/mol. The summed E-state index contributed by atoms with van der Waals surface area (Å²) in [5.74, 6) is -1.53. The van der Waals surface area contributed by atoms with Crippen molar-refractivity contribution in [3.8, 4) is 5.75 Å². The Kier molecular flexibility index (Phi) is 5.97. The fourth-order valence-electron chi connectivity index (χ4n) is 4.20. The van der Waals surface area contributed by atoms with Gasteiger partial charge in [0, 0.05) is 12.1 Å². The summed E-state index contributed by atoms with van der Waals surface area (Å²) in [7, 11) is 3.89. The molecule has 0 aliphatic carbocycles. The number of phenolic OH excluding ortho intramolecular Hbond substituents is 1. The van der Waals surface area contributed by atoms with Crippen molar-refractivity contribution in [3.05, 3.63) is 83.4 Å². The van der Waals surface area contributed by atoms with Gasteiger partial charge in [0.1, 0.15) is 11.5 Å². The molecule has 1 saturated heterocycles. The number of likely N-dealkylation sites (tertiary alicyclic amines) is 1. The molecule has 1 fully saturated rings. The lowest BCUT2D eigenvalue weighted by Gasteiger charge is -2.26. The molecule has 2 N–H and O–H groups in total. The number of benzene rings is 3. The third kappa shape index (κ3) is 4.09. The van der Waals surface area contributed by atoms with Crippen molar-refractivity contribution in [2.75, 3.05) is 27.2 Å². The van der Waals surface area contributed by atoms with E-state index in [0.29, 0.717) is 24.1 Å². The Morgan fingerprint density at radius 3 is 2.44 bits per heavy atom. The zero-order valence-corrected chi connectivity index (χ0v) is 18.2. The highest BCUT2D eigenvalue weighted by molar-refractivity contribution is 6.46. The molecule has 6 nitrogen and oxygen atoms in total. The zero-order chi connectivity index (χ0) is 22.8. The molecule has 1 amide bonds. The molecule has 6 heteroatoms. The number of aliphatic hydroxyl groups is 1. The number of carbonyl (C=O) groups excluding carboxylic acids is 2. The summed E-state index contributed by atoms with van der Waals surface area (Å²) in [6, 6.07) is 18.9. The van der Waals surface area contributed by atoms with E-state index in [9.17, 15) is 19.8 Å². The number of Topliss-reactive ketones (excluding diaryl/α,β-unsaturated/α-hetero) is 1. The zero-order valence-electron chi connectivity index (χ0n) is 18.2. The first-order chi connectivity index (χ1) is 15.4. The Morgan fingerprint density at radius 2 is 1.72 bits per heavy atom. The number of hydrogen-bond acceptors (Lipinski definition) is 5. The SMILES string of the molecule is CN(C)CCCN1C(=O)C(=O)/C(=C(\O)c2ccc3ccccc3c2)C1c1cccc(O)c1. The minimum absolute atomic E-state index is 0.0343. The van der Waals surface area contributed by atoms with E-state index in [-0.39, 0.29) is 17.1 Å². The van der Waals surface area contributed by atoms with Crippen LogP contribution in [-0.4, -0.2) is 58.9 Å². The molecule has 0 saturated carbocycles. The van der Waals surface area contributed by atoms with Gasteiger partial charge >= 0.3 is 0 Å². The molecule has 4 rings (SSSR count). The summed E-state index contributed by atoms with van der Waals surface area (Å²) in [5.41, 5.74) is 1.09. The first-order valence-electron chi connectivity index (χ1n) is 10.6. The van der Waals surface area contributed by atoms with Gasteiger partial charge in [0.15, 0.2) is 0 Å². The first kappa shape index (κ1) is 21.6. The molecule has 32 heavy (non-hydrogen) atoms. The van der Waals surface area contributed by atoms with Crippen LogP contribution in [-0.2, 0) is 9.59 Å². The second kappa shape index (κ2) is 8.85. The highest BCUT2D eigenvalue weighted by Gasteiger charge is 2.45. The number of phenols is 1. The molecule has 164 valence electrons. The van der Waals surface area contributed by atoms with Crippen molar-refractivity contribution in [1.82, 2.24) is 9.80 Å². The summed E-state index contributed by atoms with van der Waals surface area (Å²) in [6.07, 6.45) is 0.672. The molecule has 0 bridgehead atoms. The Bertz CT molecular complexity index is 1220. The van der Waals surface area contributed by atoms with Crippen LogP contribution in [0, 0.1) is 0 Å². The largest absolute Gasteiger partial charge is 0.508 e. The van der Waals surface area contributed by atoms with Crippen molar-refractivity contribution in [2.45, 2.75) is 12.5 Å². The Labute approximate surface area is 187 Å². The van der Waals surface area contributed by atoms with Crippen molar-refractivity contribution in [2.24, 2.45) is 0 Å². The fourth-order valence-corrected chi connectivity index (χ4v) is 4.20. The molecule has 3 aromatic carbocycles. The van der Waals surface area contributed by atoms with Gasteiger partial charge in [-0.3, -0.25) is 9.59 Å². The number of aliphatic hydroxyl groups excluding tert-OH is 1. The highest BCUT2D eigenvalue weighted by Crippen LogP contribution is 2.40. The average molecular weight is 431 g/mol. The highest BCUT2D eigenvalue weighted by atomic mass is 16.3. The second-order valence-electron chi connectivity index (χ2n) is 8.31. The average Bonchev–Trinajstić information content (AvgIpc) is 3.03. The summed E-state index contributed by atoms with van der Waals surface area (Å²) in [5, 5.41) is 23.2. The van der Waals surface area contributed by atoms with Crippen LogP contribution in [0.3, 0.4) is 0 Å². The van der Waals surface area contributed by atoms with E-state index in [0.717, 1.165) is 17.3 Å². The topological polar surface area (TPSA) is 81.1 Å². The molecule has 1 unspecified atom stereocenters. The minimum atomic E-state index is -0.768. The normalized spacial score (nSPS) is 18.1. The minimum Gasteiger partial charge on any atom is -0.508 e.